The van der Waals surface area contributed by atoms with Gasteiger partial charge in [0.05, 0.1) is 11.4 Å². The van der Waals surface area contributed by atoms with E-state index in [4.69, 9.17) is 0 Å². The van der Waals surface area contributed by atoms with Gasteiger partial charge in [0, 0.05) is 55.2 Å². The number of likely N-dealkylation sites (tertiary alicyclic amines) is 1. The number of carbonyl (C=O) groups is 2. The molecule has 4 rings (SSSR count). The van der Waals surface area contributed by atoms with E-state index in [-0.39, 0.29) is 17.9 Å². The molecule has 1 saturated heterocycles. The molecule has 3 aromatic rings. The van der Waals surface area contributed by atoms with Crippen molar-refractivity contribution < 1.29 is 9.59 Å². The number of aryl methyl sites for hydroxylation is 2. The summed E-state index contributed by atoms with van der Waals surface area (Å²) in [6.07, 6.45) is 1.68. The molecule has 0 bridgehead atoms. The summed E-state index contributed by atoms with van der Waals surface area (Å²) in [6, 6.07) is 10.9. The van der Waals surface area contributed by atoms with Gasteiger partial charge in [0.2, 0.25) is 5.91 Å². The molecule has 170 valence electrons. The lowest BCUT2D eigenvalue weighted by molar-refractivity contribution is -0.134. The van der Waals surface area contributed by atoms with Crippen molar-refractivity contribution in [2.45, 2.75) is 46.6 Å². The molecule has 2 aromatic carbocycles. The van der Waals surface area contributed by atoms with E-state index in [2.05, 4.69) is 67.9 Å². The highest BCUT2D eigenvalue weighted by molar-refractivity contribution is 6.12. The quantitative estimate of drug-likeness (QED) is 0.606. The molecule has 1 fully saturated rings. The molecule has 0 aliphatic carbocycles. The van der Waals surface area contributed by atoms with Crippen LogP contribution in [0.4, 0.5) is 10.5 Å². The lowest BCUT2D eigenvalue weighted by Gasteiger charge is -2.33. The van der Waals surface area contributed by atoms with Crippen LogP contribution >= 0.6 is 0 Å². The highest BCUT2D eigenvalue weighted by Gasteiger charge is 2.30. The van der Waals surface area contributed by atoms with Crippen LogP contribution in [-0.2, 0) is 4.79 Å². The van der Waals surface area contributed by atoms with Crippen LogP contribution in [-0.4, -0.2) is 53.5 Å². The first kappa shape index (κ1) is 22.2. The van der Waals surface area contributed by atoms with E-state index in [9.17, 15) is 9.59 Å². The Kier molecular flexibility index (Phi) is 5.89. The maximum atomic E-state index is 13.2. The summed E-state index contributed by atoms with van der Waals surface area (Å²) >= 11 is 0. The summed E-state index contributed by atoms with van der Waals surface area (Å²) in [6.45, 7) is 9.70. The van der Waals surface area contributed by atoms with Crippen LogP contribution in [0.25, 0.3) is 21.8 Å². The van der Waals surface area contributed by atoms with Crippen molar-refractivity contribution in [1.29, 1.82) is 0 Å². The van der Waals surface area contributed by atoms with Crippen LogP contribution < -0.4 is 5.32 Å². The monoisotopic (exact) mass is 434 g/mol. The van der Waals surface area contributed by atoms with Crippen molar-refractivity contribution in [3.63, 3.8) is 0 Å². The highest BCUT2D eigenvalue weighted by Crippen LogP contribution is 2.38. The zero-order chi connectivity index (χ0) is 23.2. The SMILES string of the molecule is Cc1cc2c(c(C)c1NC(=O)N1CCCC(C(=O)N(C)C)C1)c1ccccc1n2C(C)C. The maximum absolute atomic E-state index is 13.2. The van der Waals surface area contributed by atoms with Gasteiger partial charge in [0.15, 0.2) is 0 Å². The van der Waals surface area contributed by atoms with E-state index in [0.29, 0.717) is 19.1 Å². The van der Waals surface area contributed by atoms with Gasteiger partial charge in [-0.2, -0.15) is 0 Å². The second-order valence-corrected chi connectivity index (χ2v) is 9.52. The van der Waals surface area contributed by atoms with Crippen molar-refractivity contribution in [2.24, 2.45) is 5.92 Å². The standard InChI is InChI=1S/C26H34N4O2/c1-16(2)30-21-12-8-7-11-20(21)23-18(4)24(17(3)14-22(23)30)27-26(32)29-13-9-10-19(15-29)25(31)28(5)6/h7-8,11-12,14,16,19H,9-10,13,15H2,1-6H3,(H,27,32). The van der Waals surface area contributed by atoms with E-state index in [1.165, 1.54) is 21.8 Å². The van der Waals surface area contributed by atoms with Gasteiger partial charge in [0.25, 0.3) is 0 Å². The zero-order valence-corrected chi connectivity index (χ0v) is 20.0. The predicted octanol–water partition coefficient (Wildman–Crippen LogP) is 5.32. The van der Waals surface area contributed by atoms with Crippen molar-refractivity contribution in [1.82, 2.24) is 14.4 Å². The molecule has 6 nitrogen and oxygen atoms in total. The normalized spacial score (nSPS) is 16.7. The minimum Gasteiger partial charge on any atom is -0.349 e. The van der Waals surface area contributed by atoms with Gasteiger partial charge >= 0.3 is 6.03 Å². The Balaban J connectivity index is 1.70. The fourth-order valence-electron chi connectivity index (χ4n) is 5.18. The number of rotatable bonds is 3. The lowest BCUT2D eigenvalue weighted by Crippen LogP contribution is -2.46. The topological polar surface area (TPSA) is 57.6 Å². The number of nitrogens with one attached hydrogen (secondary N) is 1. The van der Waals surface area contributed by atoms with Crippen LogP contribution in [0.5, 0.6) is 0 Å². The summed E-state index contributed by atoms with van der Waals surface area (Å²) in [5, 5.41) is 5.58. The Bertz CT molecular complexity index is 1190. The van der Waals surface area contributed by atoms with Gasteiger partial charge in [-0.1, -0.05) is 18.2 Å². The molecular weight excluding hydrogens is 400 g/mol. The van der Waals surface area contributed by atoms with Crippen molar-refractivity contribution in [3.8, 4) is 0 Å². The van der Waals surface area contributed by atoms with E-state index in [1.54, 1.807) is 23.9 Å². The number of aromatic nitrogens is 1. The zero-order valence-electron chi connectivity index (χ0n) is 20.0. The number of hydrogen-bond acceptors (Lipinski definition) is 2. The fraction of sp³-hybridized carbons (Fsp3) is 0.462. The van der Waals surface area contributed by atoms with Gasteiger partial charge in [0.1, 0.15) is 0 Å². The Morgan fingerprint density at radius 3 is 2.53 bits per heavy atom. The van der Waals surface area contributed by atoms with Gasteiger partial charge in [-0.3, -0.25) is 4.79 Å². The predicted molar refractivity (Wildman–Crippen MR) is 131 cm³/mol. The highest BCUT2D eigenvalue weighted by atomic mass is 16.2. The first-order chi connectivity index (χ1) is 15.2. The molecule has 32 heavy (non-hydrogen) atoms. The molecule has 1 aromatic heterocycles. The van der Waals surface area contributed by atoms with Gasteiger partial charge in [-0.05, 0) is 63.8 Å². The van der Waals surface area contributed by atoms with Crippen LogP contribution in [0, 0.1) is 19.8 Å². The molecule has 0 saturated carbocycles. The third kappa shape index (κ3) is 3.72. The number of nitrogens with zero attached hydrogens (tertiary/aromatic N) is 3. The minimum absolute atomic E-state index is 0.0952. The summed E-state index contributed by atoms with van der Waals surface area (Å²) in [4.78, 5) is 29.0. The third-order valence-electron chi connectivity index (χ3n) is 6.69. The van der Waals surface area contributed by atoms with Crippen LogP contribution in [0.2, 0.25) is 0 Å². The van der Waals surface area contributed by atoms with Gasteiger partial charge in [-0.15, -0.1) is 0 Å². The van der Waals surface area contributed by atoms with Crippen molar-refractivity contribution in [2.75, 3.05) is 32.5 Å². The van der Waals surface area contributed by atoms with E-state index < -0.39 is 0 Å². The Labute approximate surface area is 190 Å². The summed E-state index contributed by atoms with van der Waals surface area (Å²) < 4.78 is 2.37. The Morgan fingerprint density at radius 1 is 1.12 bits per heavy atom. The molecule has 1 aliphatic heterocycles. The molecule has 1 unspecified atom stereocenters. The average Bonchev–Trinajstić information content (AvgIpc) is 3.10. The van der Waals surface area contributed by atoms with Crippen molar-refractivity contribution >= 4 is 39.4 Å². The van der Waals surface area contributed by atoms with E-state index in [1.807, 2.05) is 0 Å². The largest absolute Gasteiger partial charge is 0.349 e. The summed E-state index contributed by atoms with van der Waals surface area (Å²) in [7, 11) is 3.55. The molecule has 6 heteroatoms. The number of piperidine rings is 1. The molecular formula is C26H34N4O2. The number of hydrogen-bond donors (Lipinski definition) is 1. The second kappa shape index (κ2) is 8.49. The smallest absolute Gasteiger partial charge is 0.321 e. The molecule has 1 aliphatic rings. The Hall–Kier alpha value is -3.02. The number of benzene rings is 2. The maximum Gasteiger partial charge on any atom is 0.321 e. The molecule has 0 radical (unpaired) electrons. The first-order valence-electron chi connectivity index (χ1n) is 11.5. The number of anilines is 1. The minimum atomic E-state index is -0.127. The molecule has 0 spiro atoms. The molecule has 1 N–H and O–H groups in total. The van der Waals surface area contributed by atoms with Crippen LogP contribution in [0.15, 0.2) is 30.3 Å². The van der Waals surface area contributed by atoms with Gasteiger partial charge < -0.3 is 19.7 Å². The van der Waals surface area contributed by atoms with Gasteiger partial charge in [-0.25, -0.2) is 4.79 Å². The number of carbonyl (C=O) groups excluding carboxylic acids is 2. The second-order valence-electron chi connectivity index (χ2n) is 9.52. The fourth-order valence-corrected chi connectivity index (χ4v) is 5.18. The third-order valence-corrected chi connectivity index (χ3v) is 6.69. The number of amides is 3. The number of para-hydroxylation sites is 1. The molecule has 1 atom stereocenters. The van der Waals surface area contributed by atoms with Crippen molar-refractivity contribution in [3.05, 3.63) is 41.5 Å². The number of fused-ring (bicyclic) bond motifs is 3. The average molecular weight is 435 g/mol. The van der Waals surface area contributed by atoms with E-state index >= 15 is 0 Å². The van der Waals surface area contributed by atoms with Crippen LogP contribution in [0.3, 0.4) is 0 Å². The first-order valence-corrected chi connectivity index (χ1v) is 11.5. The summed E-state index contributed by atoms with van der Waals surface area (Å²) in [5.41, 5.74) is 5.41. The lowest BCUT2D eigenvalue weighted by atomic mass is 9.97. The molecule has 2 heterocycles. The van der Waals surface area contributed by atoms with E-state index in [0.717, 1.165) is 29.7 Å². The Morgan fingerprint density at radius 2 is 1.84 bits per heavy atom. The van der Waals surface area contributed by atoms with Crippen LogP contribution in [0.1, 0.15) is 43.9 Å². The summed E-state index contributed by atoms with van der Waals surface area (Å²) in [5.74, 6) is -0.0315. The number of urea groups is 1. The molecule has 3 amide bonds.